The number of hydrogen-bond acceptors (Lipinski definition) is 6. The van der Waals surface area contributed by atoms with Crippen LogP contribution in [0.3, 0.4) is 0 Å². The Kier molecular flexibility index (Phi) is 5.01. The van der Waals surface area contributed by atoms with Gasteiger partial charge in [-0.3, -0.25) is 14.4 Å². The molecular formula is C19H19N3O3S2. The highest BCUT2D eigenvalue weighted by Gasteiger charge is 2.35. The van der Waals surface area contributed by atoms with Gasteiger partial charge in [0.15, 0.2) is 10.9 Å². The second-order valence-corrected chi connectivity index (χ2v) is 8.54. The van der Waals surface area contributed by atoms with Crippen LogP contribution in [-0.2, 0) is 16.0 Å². The molecule has 4 rings (SSSR count). The van der Waals surface area contributed by atoms with Crippen LogP contribution >= 0.6 is 23.1 Å². The average Bonchev–Trinajstić information content (AvgIpc) is 3.26. The van der Waals surface area contributed by atoms with E-state index in [4.69, 9.17) is 0 Å². The highest BCUT2D eigenvalue weighted by atomic mass is 32.2. The van der Waals surface area contributed by atoms with Crippen LogP contribution in [0, 0.1) is 5.92 Å². The summed E-state index contributed by atoms with van der Waals surface area (Å²) in [5.74, 6) is -0.592. The molecular weight excluding hydrogens is 382 g/mol. The summed E-state index contributed by atoms with van der Waals surface area (Å²) in [5, 5.41) is 3.26. The molecule has 27 heavy (non-hydrogen) atoms. The molecule has 2 aliphatic rings. The molecule has 0 spiro atoms. The van der Waals surface area contributed by atoms with Gasteiger partial charge >= 0.3 is 0 Å². The smallest absolute Gasteiger partial charge is 0.231 e. The van der Waals surface area contributed by atoms with Crippen molar-refractivity contribution in [2.75, 3.05) is 23.0 Å². The molecule has 2 amide bonds. The van der Waals surface area contributed by atoms with E-state index in [-0.39, 0.29) is 24.0 Å². The molecule has 0 bridgehead atoms. The van der Waals surface area contributed by atoms with E-state index in [2.05, 4.69) is 10.3 Å². The van der Waals surface area contributed by atoms with Crippen LogP contribution in [0.4, 0.5) is 10.8 Å². The van der Waals surface area contributed by atoms with Gasteiger partial charge in [0.25, 0.3) is 0 Å². The summed E-state index contributed by atoms with van der Waals surface area (Å²) in [5.41, 5.74) is 1.59. The van der Waals surface area contributed by atoms with Crippen LogP contribution in [-0.4, -0.2) is 35.4 Å². The molecule has 1 fully saturated rings. The van der Waals surface area contributed by atoms with Crippen LogP contribution < -0.4 is 10.2 Å². The summed E-state index contributed by atoms with van der Waals surface area (Å²) >= 11 is 2.88. The molecule has 1 N–H and O–H groups in total. The number of hydrogen-bond donors (Lipinski definition) is 1. The van der Waals surface area contributed by atoms with E-state index in [1.165, 1.54) is 11.3 Å². The van der Waals surface area contributed by atoms with E-state index in [0.717, 1.165) is 29.1 Å². The highest BCUT2D eigenvalue weighted by molar-refractivity contribution is 7.98. The van der Waals surface area contributed by atoms with Crippen molar-refractivity contribution in [3.8, 4) is 0 Å². The van der Waals surface area contributed by atoms with Gasteiger partial charge in [0, 0.05) is 30.0 Å². The fourth-order valence-corrected chi connectivity index (χ4v) is 4.82. The minimum atomic E-state index is -0.422. The van der Waals surface area contributed by atoms with Crippen molar-refractivity contribution in [1.82, 2.24) is 4.98 Å². The summed E-state index contributed by atoms with van der Waals surface area (Å²) in [4.78, 5) is 44.8. The monoisotopic (exact) mass is 401 g/mol. The lowest BCUT2D eigenvalue weighted by molar-refractivity contribution is -0.122. The number of fused-ring (bicyclic) bond motifs is 1. The van der Waals surface area contributed by atoms with E-state index in [1.807, 2.05) is 30.5 Å². The van der Waals surface area contributed by atoms with Gasteiger partial charge in [-0.15, -0.1) is 11.8 Å². The quantitative estimate of drug-likeness (QED) is 0.795. The first-order chi connectivity index (χ1) is 13.0. The Balaban J connectivity index is 1.44. The lowest BCUT2D eigenvalue weighted by atomic mass is 10.0. The van der Waals surface area contributed by atoms with Crippen molar-refractivity contribution in [3.63, 3.8) is 0 Å². The summed E-state index contributed by atoms with van der Waals surface area (Å²) in [6, 6.07) is 7.75. The van der Waals surface area contributed by atoms with Crippen LogP contribution in [0.5, 0.6) is 0 Å². The van der Waals surface area contributed by atoms with Gasteiger partial charge in [-0.25, -0.2) is 4.98 Å². The Hall–Kier alpha value is -2.19. The number of ketones is 1. The Bertz CT molecular complexity index is 907. The normalized spacial score (nSPS) is 19.3. The van der Waals surface area contributed by atoms with E-state index in [1.54, 1.807) is 16.7 Å². The predicted octanol–water partition coefficient (Wildman–Crippen LogP) is 3.38. The van der Waals surface area contributed by atoms with E-state index >= 15 is 0 Å². The summed E-state index contributed by atoms with van der Waals surface area (Å²) in [6.07, 6.45) is 4.31. The number of carbonyl (C=O) groups is 3. The molecule has 1 unspecified atom stereocenters. The SMILES string of the molecule is CSc1ccc(N2CC(C(=O)Nc3nc4c(s3)C(=O)CCC4)CC2=O)cc1. The van der Waals surface area contributed by atoms with Gasteiger partial charge in [-0.1, -0.05) is 11.3 Å². The predicted molar refractivity (Wildman–Crippen MR) is 107 cm³/mol. The second-order valence-electron chi connectivity index (χ2n) is 6.66. The van der Waals surface area contributed by atoms with E-state index in [9.17, 15) is 14.4 Å². The molecule has 8 heteroatoms. The van der Waals surface area contributed by atoms with Crippen molar-refractivity contribution < 1.29 is 14.4 Å². The molecule has 1 aromatic carbocycles. The topological polar surface area (TPSA) is 79.4 Å². The molecule has 140 valence electrons. The average molecular weight is 402 g/mol. The lowest BCUT2D eigenvalue weighted by Gasteiger charge is -2.16. The maximum Gasteiger partial charge on any atom is 0.231 e. The molecule has 2 heterocycles. The molecule has 1 aromatic heterocycles. The zero-order valence-electron chi connectivity index (χ0n) is 14.9. The standard InChI is InChI=1S/C19H19N3O3S2/c1-26-13-7-5-12(6-8-13)22-10-11(9-16(22)24)18(25)21-19-20-14-3-2-4-15(23)17(14)27-19/h5-8,11H,2-4,9-10H2,1H3,(H,20,21,25). The third-order valence-electron chi connectivity index (χ3n) is 4.88. The first kappa shape index (κ1) is 18.2. The molecule has 1 atom stereocenters. The van der Waals surface area contributed by atoms with Gasteiger partial charge in [-0.2, -0.15) is 0 Å². The third kappa shape index (κ3) is 3.64. The molecule has 0 radical (unpaired) electrons. The minimum absolute atomic E-state index is 0.0549. The van der Waals surface area contributed by atoms with Crippen molar-refractivity contribution in [2.24, 2.45) is 5.92 Å². The summed E-state index contributed by atoms with van der Waals surface area (Å²) in [6.45, 7) is 0.354. The summed E-state index contributed by atoms with van der Waals surface area (Å²) < 4.78 is 0. The van der Waals surface area contributed by atoms with Crippen molar-refractivity contribution >= 4 is 51.5 Å². The van der Waals surface area contributed by atoms with Crippen molar-refractivity contribution in [3.05, 3.63) is 34.8 Å². The molecule has 0 saturated carbocycles. The van der Waals surface area contributed by atoms with Crippen LogP contribution in [0.1, 0.15) is 34.6 Å². The fraction of sp³-hybridized carbons (Fsp3) is 0.368. The number of carbonyl (C=O) groups excluding carboxylic acids is 3. The number of amides is 2. The molecule has 1 aliphatic heterocycles. The largest absolute Gasteiger partial charge is 0.312 e. The van der Waals surface area contributed by atoms with Crippen LogP contribution in [0.15, 0.2) is 29.2 Å². The van der Waals surface area contributed by atoms with Crippen molar-refractivity contribution in [1.29, 1.82) is 0 Å². The maximum atomic E-state index is 12.6. The second kappa shape index (κ2) is 7.44. The van der Waals surface area contributed by atoms with Gasteiger partial charge in [0.1, 0.15) is 0 Å². The van der Waals surface area contributed by atoms with E-state index in [0.29, 0.717) is 23.0 Å². The number of rotatable bonds is 4. The number of thiazole rings is 1. The van der Waals surface area contributed by atoms with Gasteiger partial charge in [0.2, 0.25) is 11.8 Å². The highest BCUT2D eigenvalue weighted by Crippen LogP contribution is 2.31. The number of nitrogens with zero attached hydrogens (tertiary/aromatic N) is 2. The molecule has 1 saturated heterocycles. The first-order valence-electron chi connectivity index (χ1n) is 8.83. The minimum Gasteiger partial charge on any atom is -0.312 e. The first-order valence-corrected chi connectivity index (χ1v) is 10.9. The van der Waals surface area contributed by atoms with Crippen molar-refractivity contribution in [2.45, 2.75) is 30.6 Å². The lowest BCUT2D eigenvalue weighted by Crippen LogP contribution is -2.28. The Morgan fingerprint density at radius 3 is 2.74 bits per heavy atom. The maximum absolute atomic E-state index is 12.6. The number of anilines is 2. The fourth-order valence-electron chi connectivity index (χ4n) is 3.42. The number of thioether (sulfide) groups is 1. The Labute approximate surface area is 165 Å². The molecule has 6 nitrogen and oxygen atoms in total. The van der Waals surface area contributed by atoms with Crippen LogP contribution in [0.2, 0.25) is 0 Å². The number of nitrogens with one attached hydrogen (secondary N) is 1. The van der Waals surface area contributed by atoms with E-state index < -0.39 is 5.92 Å². The summed E-state index contributed by atoms with van der Waals surface area (Å²) in [7, 11) is 0. The Morgan fingerprint density at radius 1 is 1.26 bits per heavy atom. The van der Waals surface area contributed by atoms with Gasteiger partial charge < -0.3 is 10.2 Å². The zero-order valence-corrected chi connectivity index (χ0v) is 16.5. The van der Waals surface area contributed by atoms with Crippen LogP contribution in [0.25, 0.3) is 0 Å². The number of aryl methyl sites for hydroxylation is 1. The number of aromatic nitrogens is 1. The molecule has 2 aromatic rings. The number of Topliss-reactive ketones (excluding diaryl/α,β-unsaturated/α-hetero) is 1. The van der Waals surface area contributed by atoms with Gasteiger partial charge in [0.05, 0.1) is 16.5 Å². The zero-order chi connectivity index (χ0) is 19.0. The molecule has 1 aliphatic carbocycles. The van der Waals surface area contributed by atoms with Gasteiger partial charge in [-0.05, 0) is 43.4 Å². The number of benzene rings is 1. The third-order valence-corrected chi connectivity index (χ3v) is 6.68. The Morgan fingerprint density at radius 2 is 2.04 bits per heavy atom.